The zero-order chi connectivity index (χ0) is 7.66. The summed E-state index contributed by atoms with van der Waals surface area (Å²) in [5.74, 6) is 0. The second-order valence-electron chi connectivity index (χ2n) is 1.36. The Morgan fingerprint density at radius 2 is 1.80 bits per heavy atom. The molecule has 0 unspecified atom stereocenters. The molecule has 0 aromatic carbocycles. The van der Waals surface area contributed by atoms with E-state index in [1.165, 1.54) is 7.11 Å². The van der Waals surface area contributed by atoms with E-state index in [2.05, 4.69) is 9.72 Å². The molecule has 0 amide bonds. The van der Waals surface area contributed by atoms with Crippen LogP contribution in [0.25, 0.3) is 0 Å². The van der Waals surface area contributed by atoms with Crippen LogP contribution in [-0.4, -0.2) is 18.6 Å². The zero-order valence-electron chi connectivity index (χ0n) is 5.73. The average Bonchev–Trinajstić information content (AvgIpc) is 2.08. The number of ether oxygens (including phenoxy) is 1. The van der Waals surface area contributed by atoms with Crippen molar-refractivity contribution < 1.29 is 9.53 Å². The third-order valence-corrected chi connectivity index (χ3v) is 0.663. The van der Waals surface area contributed by atoms with E-state index in [-0.39, 0.29) is 0 Å². The molecule has 0 saturated carbocycles. The highest BCUT2D eigenvalue weighted by molar-refractivity contribution is 5.36. The molecule has 0 fully saturated rings. The topological polar surface area (TPSA) is 39.2 Å². The molecule has 3 nitrogen and oxygen atoms in total. The molecule has 0 N–H and O–H groups in total. The van der Waals surface area contributed by atoms with Gasteiger partial charge in [-0.3, -0.25) is 9.78 Å². The van der Waals surface area contributed by atoms with E-state index in [1.54, 1.807) is 12.4 Å². The molecular formula is C7H9NO2. The van der Waals surface area contributed by atoms with Crippen LogP contribution in [0.4, 0.5) is 0 Å². The minimum atomic E-state index is 0.375. The van der Waals surface area contributed by atoms with Gasteiger partial charge >= 0.3 is 0 Å². The van der Waals surface area contributed by atoms with Gasteiger partial charge < -0.3 is 4.74 Å². The molecule has 10 heavy (non-hydrogen) atoms. The molecule has 1 rings (SSSR count). The summed E-state index contributed by atoms with van der Waals surface area (Å²) < 4.78 is 3.86. The Balaban J connectivity index is 0.000000180. The van der Waals surface area contributed by atoms with Crippen molar-refractivity contribution in [3.05, 3.63) is 30.6 Å². The quantitative estimate of drug-likeness (QED) is 0.542. The number of carbonyl (C=O) groups is 1. The summed E-state index contributed by atoms with van der Waals surface area (Å²) in [6.07, 6.45) is 3.50. The van der Waals surface area contributed by atoms with Crippen molar-refractivity contribution >= 4 is 6.47 Å². The number of pyridine rings is 1. The lowest BCUT2D eigenvalue weighted by molar-refractivity contribution is -0.126. The first-order chi connectivity index (χ1) is 4.91. The summed E-state index contributed by atoms with van der Waals surface area (Å²) in [6, 6.07) is 5.72. The van der Waals surface area contributed by atoms with E-state index in [0.717, 1.165) is 0 Å². The molecule has 3 heteroatoms. The van der Waals surface area contributed by atoms with Crippen LogP contribution in [0.15, 0.2) is 30.6 Å². The van der Waals surface area contributed by atoms with E-state index in [0.29, 0.717) is 6.47 Å². The van der Waals surface area contributed by atoms with Crippen LogP contribution in [0.1, 0.15) is 0 Å². The van der Waals surface area contributed by atoms with Crippen LogP contribution >= 0.6 is 0 Å². The Bertz CT molecular complexity index is 126. The molecule has 0 radical (unpaired) electrons. The summed E-state index contributed by atoms with van der Waals surface area (Å²) in [4.78, 5) is 12.7. The zero-order valence-corrected chi connectivity index (χ0v) is 5.73. The number of aromatic nitrogens is 1. The third kappa shape index (κ3) is 6.62. The van der Waals surface area contributed by atoms with Crippen LogP contribution in [0, 0.1) is 0 Å². The Morgan fingerprint density at radius 3 is 1.90 bits per heavy atom. The summed E-state index contributed by atoms with van der Waals surface area (Å²) in [7, 11) is 1.31. The lowest BCUT2D eigenvalue weighted by Gasteiger charge is -1.70. The lowest BCUT2D eigenvalue weighted by atomic mass is 10.5. The average molecular weight is 139 g/mol. The minimum Gasteiger partial charge on any atom is -0.471 e. The SMILES string of the molecule is COC=O.c1ccncc1. The third-order valence-electron chi connectivity index (χ3n) is 0.663. The number of methoxy groups -OCH3 is 1. The van der Waals surface area contributed by atoms with Gasteiger partial charge in [0, 0.05) is 12.4 Å². The van der Waals surface area contributed by atoms with E-state index in [1.807, 2.05) is 18.2 Å². The fourth-order valence-corrected chi connectivity index (χ4v) is 0.313. The van der Waals surface area contributed by atoms with Gasteiger partial charge in [-0.2, -0.15) is 0 Å². The molecule has 0 aliphatic carbocycles. The Morgan fingerprint density at radius 1 is 1.30 bits per heavy atom. The molecule has 0 aliphatic heterocycles. The van der Waals surface area contributed by atoms with Crippen LogP contribution < -0.4 is 0 Å². The maximum absolute atomic E-state index is 8.95. The van der Waals surface area contributed by atoms with Gasteiger partial charge in [0.25, 0.3) is 6.47 Å². The smallest absolute Gasteiger partial charge is 0.292 e. The van der Waals surface area contributed by atoms with E-state index in [4.69, 9.17) is 4.79 Å². The van der Waals surface area contributed by atoms with E-state index >= 15 is 0 Å². The predicted octanol–water partition coefficient (Wildman–Crippen LogP) is 0.871. The van der Waals surface area contributed by atoms with Gasteiger partial charge in [-0.05, 0) is 12.1 Å². The molecule has 1 heterocycles. The lowest BCUT2D eigenvalue weighted by Crippen LogP contribution is -1.68. The summed E-state index contributed by atoms with van der Waals surface area (Å²) in [6.45, 7) is 0.375. The summed E-state index contributed by atoms with van der Waals surface area (Å²) in [5, 5.41) is 0. The molecule has 0 saturated heterocycles. The molecule has 0 atom stereocenters. The molecule has 0 spiro atoms. The van der Waals surface area contributed by atoms with Crippen molar-refractivity contribution in [2.24, 2.45) is 0 Å². The number of hydrogen-bond donors (Lipinski definition) is 0. The summed E-state index contributed by atoms with van der Waals surface area (Å²) in [5.41, 5.74) is 0. The fraction of sp³-hybridized carbons (Fsp3) is 0.143. The van der Waals surface area contributed by atoms with Gasteiger partial charge in [-0.1, -0.05) is 6.07 Å². The van der Waals surface area contributed by atoms with Crippen molar-refractivity contribution in [3.63, 3.8) is 0 Å². The Hall–Kier alpha value is -1.38. The predicted molar refractivity (Wildman–Crippen MR) is 37.3 cm³/mol. The van der Waals surface area contributed by atoms with Gasteiger partial charge in [0.15, 0.2) is 0 Å². The van der Waals surface area contributed by atoms with Crippen molar-refractivity contribution in [1.29, 1.82) is 0 Å². The molecule has 0 aliphatic rings. The molecule has 1 aromatic heterocycles. The highest BCUT2D eigenvalue weighted by Gasteiger charge is 1.58. The van der Waals surface area contributed by atoms with Crippen LogP contribution in [0.5, 0.6) is 0 Å². The molecule has 0 bridgehead atoms. The first-order valence-corrected chi connectivity index (χ1v) is 2.73. The molecule has 1 aromatic rings. The highest BCUT2D eigenvalue weighted by Crippen LogP contribution is 1.73. The van der Waals surface area contributed by atoms with Crippen LogP contribution in [-0.2, 0) is 9.53 Å². The monoisotopic (exact) mass is 139 g/mol. The normalized spacial score (nSPS) is 6.90. The molecular weight excluding hydrogens is 130 g/mol. The minimum absolute atomic E-state index is 0.375. The number of hydrogen-bond acceptors (Lipinski definition) is 3. The fourth-order valence-electron chi connectivity index (χ4n) is 0.313. The number of carbonyl (C=O) groups excluding carboxylic acids is 1. The van der Waals surface area contributed by atoms with Gasteiger partial charge in [-0.25, -0.2) is 0 Å². The Labute approximate surface area is 59.7 Å². The highest BCUT2D eigenvalue weighted by atomic mass is 16.5. The maximum atomic E-state index is 8.95. The second kappa shape index (κ2) is 7.62. The van der Waals surface area contributed by atoms with Gasteiger partial charge in [0.1, 0.15) is 0 Å². The first-order valence-electron chi connectivity index (χ1n) is 2.73. The van der Waals surface area contributed by atoms with Crippen molar-refractivity contribution in [1.82, 2.24) is 4.98 Å². The van der Waals surface area contributed by atoms with Gasteiger partial charge in [0.2, 0.25) is 0 Å². The van der Waals surface area contributed by atoms with E-state index < -0.39 is 0 Å². The number of rotatable bonds is 1. The van der Waals surface area contributed by atoms with Crippen molar-refractivity contribution in [2.45, 2.75) is 0 Å². The van der Waals surface area contributed by atoms with Gasteiger partial charge in [0.05, 0.1) is 7.11 Å². The number of nitrogens with zero attached hydrogens (tertiary/aromatic N) is 1. The largest absolute Gasteiger partial charge is 0.471 e. The standard InChI is InChI=1S/C5H5N.C2H4O2/c1-2-4-6-5-3-1;1-4-2-3/h1-5H;2H,1H3. The van der Waals surface area contributed by atoms with Crippen molar-refractivity contribution in [3.8, 4) is 0 Å². The first kappa shape index (κ1) is 8.62. The van der Waals surface area contributed by atoms with Crippen LogP contribution in [0.3, 0.4) is 0 Å². The van der Waals surface area contributed by atoms with Crippen molar-refractivity contribution in [2.75, 3.05) is 7.11 Å². The van der Waals surface area contributed by atoms with Gasteiger partial charge in [-0.15, -0.1) is 0 Å². The maximum Gasteiger partial charge on any atom is 0.292 e. The Kier molecular flexibility index (Phi) is 6.57. The molecule has 54 valence electrons. The van der Waals surface area contributed by atoms with Crippen LogP contribution in [0.2, 0.25) is 0 Å². The second-order valence-corrected chi connectivity index (χ2v) is 1.36. The summed E-state index contributed by atoms with van der Waals surface area (Å²) >= 11 is 0. The van der Waals surface area contributed by atoms with E-state index in [9.17, 15) is 0 Å².